The zero-order valence-corrected chi connectivity index (χ0v) is 11.4. The average molecular weight is 317 g/mol. The minimum Gasteiger partial charge on any atom is -0.379 e. The van der Waals surface area contributed by atoms with Crippen LogP contribution in [0.1, 0.15) is 5.56 Å². The van der Waals surface area contributed by atoms with E-state index < -0.39 is 0 Å². The average Bonchev–Trinajstić information content (AvgIpc) is 2.36. The highest BCUT2D eigenvalue weighted by molar-refractivity contribution is 9.10. The largest absolute Gasteiger partial charge is 0.379 e. The molecule has 1 saturated heterocycles. The number of morpholine rings is 1. The smallest absolute Gasteiger partial charge is 0.238 e. The van der Waals surface area contributed by atoms with E-state index in [9.17, 15) is 9.18 Å². The van der Waals surface area contributed by atoms with E-state index in [0.717, 1.165) is 0 Å². The van der Waals surface area contributed by atoms with Gasteiger partial charge in [0.15, 0.2) is 0 Å². The van der Waals surface area contributed by atoms with Crippen molar-refractivity contribution in [3.63, 3.8) is 0 Å². The lowest BCUT2D eigenvalue weighted by Gasteiger charge is -2.26. The first-order chi connectivity index (χ1) is 8.66. The summed E-state index contributed by atoms with van der Waals surface area (Å²) in [6, 6.07) is 4.93. The number of carbonyl (C=O) groups excluding carboxylic acids is 1. The van der Waals surface area contributed by atoms with Gasteiger partial charge < -0.3 is 4.74 Å². The van der Waals surface area contributed by atoms with Gasteiger partial charge in [-0.25, -0.2) is 9.40 Å². The molecule has 0 radical (unpaired) electrons. The summed E-state index contributed by atoms with van der Waals surface area (Å²) in [5.74, 6) is -0.594. The fourth-order valence-electron chi connectivity index (χ4n) is 1.75. The Bertz CT molecular complexity index is 436. The number of halogens is 2. The SMILES string of the molecule is O=C(Cc1cccc(Br)c1F)NN1CCOCC1. The molecule has 1 aromatic carbocycles. The molecule has 0 aromatic heterocycles. The van der Waals surface area contributed by atoms with Gasteiger partial charge in [0.25, 0.3) is 0 Å². The summed E-state index contributed by atoms with van der Waals surface area (Å²) >= 11 is 3.10. The molecule has 1 fully saturated rings. The Morgan fingerprint density at radius 2 is 2.17 bits per heavy atom. The molecule has 0 unspecified atom stereocenters. The number of hydrazine groups is 1. The highest BCUT2D eigenvalue weighted by atomic mass is 79.9. The maximum atomic E-state index is 13.7. The van der Waals surface area contributed by atoms with Gasteiger partial charge in [0.05, 0.1) is 24.1 Å². The van der Waals surface area contributed by atoms with Crippen LogP contribution in [0.2, 0.25) is 0 Å². The minimum absolute atomic E-state index is 0.0304. The monoisotopic (exact) mass is 316 g/mol. The lowest BCUT2D eigenvalue weighted by molar-refractivity contribution is -0.127. The lowest BCUT2D eigenvalue weighted by Crippen LogP contribution is -2.48. The first-order valence-electron chi connectivity index (χ1n) is 5.72. The molecule has 0 atom stereocenters. The molecule has 1 aromatic rings. The third kappa shape index (κ3) is 3.51. The summed E-state index contributed by atoms with van der Waals surface area (Å²) < 4.78 is 19.2. The van der Waals surface area contributed by atoms with E-state index in [1.165, 1.54) is 0 Å². The summed E-state index contributed by atoms with van der Waals surface area (Å²) in [6.07, 6.45) is 0.0304. The van der Waals surface area contributed by atoms with E-state index in [0.29, 0.717) is 36.3 Å². The molecule has 0 bridgehead atoms. The van der Waals surface area contributed by atoms with Gasteiger partial charge in [0.1, 0.15) is 5.82 Å². The summed E-state index contributed by atoms with van der Waals surface area (Å²) in [5, 5.41) is 1.79. The van der Waals surface area contributed by atoms with Crippen molar-refractivity contribution in [2.45, 2.75) is 6.42 Å². The van der Waals surface area contributed by atoms with Gasteiger partial charge in [0, 0.05) is 13.1 Å². The molecule has 0 spiro atoms. The Balaban J connectivity index is 1.92. The van der Waals surface area contributed by atoms with Gasteiger partial charge in [-0.05, 0) is 27.6 Å². The van der Waals surface area contributed by atoms with Crippen molar-refractivity contribution in [1.82, 2.24) is 10.4 Å². The van der Waals surface area contributed by atoms with E-state index in [1.54, 1.807) is 23.2 Å². The topological polar surface area (TPSA) is 41.6 Å². The van der Waals surface area contributed by atoms with Crippen molar-refractivity contribution in [1.29, 1.82) is 0 Å². The van der Waals surface area contributed by atoms with Crippen LogP contribution in [0.25, 0.3) is 0 Å². The van der Waals surface area contributed by atoms with Crippen molar-refractivity contribution in [2.75, 3.05) is 26.3 Å². The number of benzene rings is 1. The molecule has 4 nitrogen and oxygen atoms in total. The number of nitrogens with zero attached hydrogens (tertiary/aromatic N) is 1. The van der Waals surface area contributed by atoms with Crippen LogP contribution >= 0.6 is 15.9 Å². The number of hydrogen-bond acceptors (Lipinski definition) is 3. The Labute approximate surface area is 113 Å². The Hall–Kier alpha value is -0.980. The second kappa shape index (κ2) is 6.26. The summed E-state index contributed by atoms with van der Waals surface area (Å²) in [4.78, 5) is 11.8. The van der Waals surface area contributed by atoms with E-state index in [-0.39, 0.29) is 18.1 Å². The highest BCUT2D eigenvalue weighted by Crippen LogP contribution is 2.18. The van der Waals surface area contributed by atoms with E-state index in [1.807, 2.05) is 0 Å². The van der Waals surface area contributed by atoms with Gasteiger partial charge in [0.2, 0.25) is 5.91 Å². The van der Waals surface area contributed by atoms with Crippen LogP contribution in [-0.2, 0) is 16.0 Å². The molecule has 1 N–H and O–H groups in total. The number of rotatable bonds is 3. The van der Waals surface area contributed by atoms with Crippen LogP contribution in [0.15, 0.2) is 22.7 Å². The Morgan fingerprint density at radius 1 is 1.44 bits per heavy atom. The van der Waals surface area contributed by atoms with Crippen LogP contribution in [0.5, 0.6) is 0 Å². The van der Waals surface area contributed by atoms with Crippen molar-refractivity contribution in [2.24, 2.45) is 0 Å². The zero-order chi connectivity index (χ0) is 13.0. The highest BCUT2D eigenvalue weighted by Gasteiger charge is 2.15. The van der Waals surface area contributed by atoms with Gasteiger partial charge in [-0.3, -0.25) is 10.2 Å². The molecular formula is C12H14BrFN2O2. The van der Waals surface area contributed by atoms with Crippen LogP contribution in [0.3, 0.4) is 0 Å². The third-order valence-electron chi connectivity index (χ3n) is 2.68. The Kier molecular flexibility index (Phi) is 4.68. The van der Waals surface area contributed by atoms with Crippen LogP contribution in [0, 0.1) is 5.82 Å². The summed E-state index contributed by atoms with van der Waals surface area (Å²) in [7, 11) is 0. The number of hydrogen-bond donors (Lipinski definition) is 1. The van der Waals surface area contributed by atoms with E-state index in [2.05, 4.69) is 21.4 Å². The molecule has 2 rings (SSSR count). The summed E-state index contributed by atoms with van der Waals surface area (Å²) in [6.45, 7) is 2.52. The minimum atomic E-state index is -0.380. The molecule has 1 aliphatic rings. The molecule has 98 valence electrons. The van der Waals surface area contributed by atoms with Gasteiger partial charge in [-0.2, -0.15) is 0 Å². The standard InChI is InChI=1S/C12H14BrFN2O2/c13-10-3-1-2-9(12(10)14)8-11(17)15-16-4-6-18-7-5-16/h1-3H,4-8H2,(H,15,17). The second-order valence-corrected chi connectivity index (χ2v) is 4.88. The third-order valence-corrected chi connectivity index (χ3v) is 3.29. The van der Waals surface area contributed by atoms with Gasteiger partial charge in [-0.15, -0.1) is 0 Å². The van der Waals surface area contributed by atoms with Crippen LogP contribution in [0.4, 0.5) is 4.39 Å². The number of amides is 1. The predicted octanol–water partition coefficient (Wildman–Crippen LogP) is 1.49. The number of carbonyl (C=O) groups is 1. The fourth-order valence-corrected chi connectivity index (χ4v) is 2.16. The molecule has 18 heavy (non-hydrogen) atoms. The van der Waals surface area contributed by atoms with E-state index in [4.69, 9.17) is 4.74 Å². The second-order valence-electron chi connectivity index (χ2n) is 4.02. The molecule has 0 aliphatic carbocycles. The molecule has 0 saturated carbocycles. The lowest BCUT2D eigenvalue weighted by atomic mass is 10.1. The van der Waals surface area contributed by atoms with Crippen LogP contribution in [-0.4, -0.2) is 37.2 Å². The first-order valence-corrected chi connectivity index (χ1v) is 6.51. The zero-order valence-electron chi connectivity index (χ0n) is 9.79. The number of nitrogens with one attached hydrogen (secondary N) is 1. The first kappa shape index (κ1) is 13.5. The molecule has 1 aliphatic heterocycles. The van der Waals surface area contributed by atoms with Crippen molar-refractivity contribution < 1.29 is 13.9 Å². The molecule has 1 heterocycles. The van der Waals surface area contributed by atoms with Crippen molar-refractivity contribution >= 4 is 21.8 Å². The van der Waals surface area contributed by atoms with Gasteiger partial charge >= 0.3 is 0 Å². The molecule has 6 heteroatoms. The quantitative estimate of drug-likeness (QED) is 0.918. The summed E-state index contributed by atoms with van der Waals surface area (Å²) in [5.41, 5.74) is 3.13. The maximum absolute atomic E-state index is 13.7. The Morgan fingerprint density at radius 3 is 2.89 bits per heavy atom. The predicted molar refractivity (Wildman–Crippen MR) is 68.3 cm³/mol. The number of ether oxygens (including phenoxy) is 1. The van der Waals surface area contributed by atoms with Crippen molar-refractivity contribution in [3.05, 3.63) is 34.1 Å². The van der Waals surface area contributed by atoms with Crippen molar-refractivity contribution in [3.8, 4) is 0 Å². The van der Waals surface area contributed by atoms with E-state index >= 15 is 0 Å². The fraction of sp³-hybridized carbons (Fsp3) is 0.417. The molecule has 1 amide bonds. The van der Waals surface area contributed by atoms with Gasteiger partial charge in [-0.1, -0.05) is 12.1 Å². The molecular weight excluding hydrogens is 303 g/mol. The normalized spacial score (nSPS) is 16.6. The van der Waals surface area contributed by atoms with Crippen LogP contribution < -0.4 is 5.43 Å². The maximum Gasteiger partial charge on any atom is 0.238 e.